The van der Waals surface area contributed by atoms with Crippen LogP contribution in [-0.2, 0) is 16.2 Å². The topological polar surface area (TPSA) is 77.5 Å². The molecule has 3 aromatic carbocycles. The molecule has 1 fully saturated rings. The molecular formula is C24H20N2O4S2. The lowest BCUT2D eigenvalue weighted by molar-refractivity contribution is -0.153. The maximum Gasteiger partial charge on any atom is 0.336 e. The lowest BCUT2D eigenvalue weighted by Crippen LogP contribution is -2.31. The van der Waals surface area contributed by atoms with E-state index in [1.54, 1.807) is 29.2 Å². The average molecular weight is 465 g/mol. The Labute approximate surface area is 192 Å². The van der Waals surface area contributed by atoms with E-state index in [1.165, 1.54) is 0 Å². The van der Waals surface area contributed by atoms with Crippen molar-refractivity contribution in [3.05, 3.63) is 71.2 Å². The molecule has 1 saturated heterocycles. The Kier molecular flexibility index (Phi) is 5.96. The number of thiazole rings is 1. The molecule has 162 valence electrons. The fourth-order valence-electron chi connectivity index (χ4n) is 3.65. The monoisotopic (exact) mass is 464 g/mol. The summed E-state index contributed by atoms with van der Waals surface area (Å²) in [6, 6.07) is 19.1. The van der Waals surface area contributed by atoms with Crippen molar-refractivity contribution in [2.75, 3.05) is 11.5 Å². The first-order chi connectivity index (χ1) is 15.7. The fraction of sp³-hybridized carbons (Fsp3) is 0.208. The highest BCUT2D eigenvalue weighted by molar-refractivity contribution is 7.99. The molecule has 1 aliphatic rings. The maximum absolute atomic E-state index is 12.9. The lowest BCUT2D eigenvalue weighted by atomic mass is 10.0. The van der Waals surface area contributed by atoms with Gasteiger partial charge in [-0.05, 0) is 35.8 Å². The number of fused-ring (bicyclic) bond motifs is 2. The van der Waals surface area contributed by atoms with Gasteiger partial charge in [0.2, 0.25) is 0 Å². The van der Waals surface area contributed by atoms with Crippen LogP contribution in [0.3, 0.4) is 0 Å². The molecule has 0 bridgehead atoms. The summed E-state index contributed by atoms with van der Waals surface area (Å²) < 4.78 is 7.22. The molecule has 5 rings (SSSR count). The third-order valence-corrected chi connectivity index (χ3v) is 7.48. The Morgan fingerprint density at radius 3 is 2.75 bits per heavy atom. The van der Waals surface area contributed by atoms with Crippen LogP contribution in [0.1, 0.15) is 21.8 Å². The number of benzene rings is 3. The van der Waals surface area contributed by atoms with E-state index in [4.69, 9.17) is 9.57 Å². The van der Waals surface area contributed by atoms with Crippen LogP contribution in [0.4, 0.5) is 0 Å². The molecule has 2 heterocycles. The van der Waals surface area contributed by atoms with Gasteiger partial charge in [-0.3, -0.25) is 4.79 Å². The van der Waals surface area contributed by atoms with E-state index in [-0.39, 0.29) is 12.5 Å². The molecule has 0 radical (unpaired) electrons. The second-order valence-electron chi connectivity index (χ2n) is 7.44. The van der Waals surface area contributed by atoms with E-state index in [1.807, 2.05) is 54.6 Å². The standard InChI is InChI=1S/C24H20N2O4S2/c27-23(26-30-24(28)16-11-12-31-14-16)18-10-9-15-5-1-2-6-17(15)22(18)29-13-21-25-19-7-3-4-8-20(19)32-21/h1-10,16H,11-14H2,(H,26,27). The van der Waals surface area contributed by atoms with Crippen molar-refractivity contribution in [1.29, 1.82) is 0 Å². The smallest absolute Gasteiger partial charge is 0.336 e. The second-order valence-corrected chi connectivity index (χ2v) is 9.71. The number of amides is 1. The third kappa shape index (κ3) is 4.28. The number of carbonyl (C=O) groups is 2. The minimum atomic E-state index is -0.519. The van der Waals surface area contributed by atoms with E-state index in [9.17, 15) is 9.59 Å². The molecule has 1 unspecified atom stereocenters. The zero-order valence-electron chi connectivity index (χ0n) is 17.1. The van der Waals surface area contributed by atoms with Gasteiger partial charge in [-0.15, -0.1) is 11.3 Å². The molecule has 1 aliphatic heterocycles. The number of para-hydroxylation sites is 1. The molecule has 1 amide bonds. The molecule has 0 saturated carbocycles. The normalized spacial score (nSPS) is 15.7. The van der Waals surface area contributed by atoms with Gasteiger partial charge in [0.1, 0.15) is 17.4 Å². The predicted octanol–water partition coefficient (Wildman–Crippen LogP) is 4.97. The summed E-state index contributed by atoms with van der Waals surface area (Å²) in [5.74, 6) is 0.998. The van der Waals surface area contributed by atoms with E-state index in [2.05, 4.69) is 10.5 Å². The number of carbonyl (C=O) groups excluding carboxylic acids is 2. The number of thioether (sulfide) groups is 1. The Hall–Kier alpha value is -3.10. The molecule has 32 heavy (non-hydrogen) atoms. The van der Waals surface area contributed by atoms with Crippen molar-refractivity contribution in [2.24, 2.45) is 5.92 Å². The summed E-state index contributed by atoms with van der Waals surface area (Å²) in [7, 11) is 0. The van der Waals surface area contributed by atoms with Crippen molar-refractivity contribution < 1.29 is 19.2 Å². The maximum atomic E-state index is 12.9. The van der Waals surface area contributed by atoms with Crippen LogP contribution in [0.15, 0.2) is 60.7 Å². The summed E-state index contributed by atoms with van der Waals surface area (Å²) in [6.07, 6.45) is 0.770. The van der Waals surface area contributed by atoms with Gasteiger partial charge in [-0.25, -0.2) is 9.78 Å². The molecule has 1 N–H and O–H groups in total. The largest absolute Gasteiger partial charge is 0.485 e. The summed E-state index contributed by atoms with van der Waals surface area (Å²) in [6.45, 7) is 0.229. The summed E-state index contributed by atoms with van der Waals surface area (Å²) >= 11 is 3.27. The number of hydrogen-bond acceptors (Lipinski definition) is 7. The first kappa shape index (κ1) is 20.8. The average Bonchev–Trinajstić information content (AvgIpc) is 3.50. The SMILES string of the molecule is O=C(NOC(=O)C1CCSC1)c1ccc2ccccc2c1OCc1nc2ccccc2s1. The molecule has 1 atom stereocenters. The zero-order chi connectivity index (χ0) is 21.9. The van der Waals surface area contributed by atoms with Crippen LogP contribution < -0.4 is 10.2 Å². The van der Waals surface area contributed by atoms with Crippen molar-refractivity contribution in [1.82, 2.24) is 10.5 Å². The van der Waals surface area contributed by atoms with Gasteiger partial charge >= 0.3 is 5.97 Å². The van der Waals surface area contributed by atoms with E-state index >= 15 is 0 Å². The number of rotatable bonds is 5. The van der Waals surface area contributed by atoms with Crippen molar-refractivity contribution in [2.45, 2.75) is 13.0 Å². The highest BCUT2D eigenvalue weighted by Crippen LogP contribution is 2.32. The van der Waals surface area contributed by atoms with Gasteiger partial charge in [-0.2, -0.15) is 17.2 Å². The fourth-order valence-corrected chi connectivity index (χ4v) is 5.73. The summed E-state index contributed by atoms with van der Waals surface area (Å²) in [5, 5.41) is 2.57. The minimum Gasteiger partial charge on any atom is -0.485 e. The molecule has 4 aromatic rings. The van der Waals surface area contributed by atoms with Crippen LogP contribution in [0.2, 0.25) is 0 Å². The third-order valence-electron chi connectivity index (χ3n) is 5.31. The van der Waals surface area contributed by atoms with Crippen molar-refractivity contribution in [3.8, 4) is 5.75 Å². The number of nitrogens with one attached hydrogen (secondary N) is 1. The molecule has 1 aromatic heterocycles. The molecule has 8 heteroatoms. The van der Waals surface area contributed by atoms with Gasteiger partial charge in [-0.1, -0.05) is 42.5 Å². The number of ether oxygens (including phenoxy) is 1. The molecule has 0 spiro atoms. The number of aromatic nitrogens is 1. The van der Waals surface area contributed by atoms with Crippen LogP contribution in [0.5, 0.6) is 5.75 Å². The summed E-state index contributed by atoms with van der Waals surface area (Å²) in [4.78, 5) is 34.8. The highest BCUT2D eigenvalue weighted by Gasteiger charge is 2.26. The van der Waals surface area contributed by atoms with Crippen molar-refractivity contribution in [3.63, 3.8) is 0 Å². The van der Waals surface area contributed by atoms with E-state index in [0.29, 0.717) is 11.3 Å². The Balaban J connectivity index is 1.38. The first-order valence-electron chi connectivity index (χ1n) is 10.3. The summed E-state index contributed by atoms with van der Waals surface area (Å²) in [5.41, 5.74) is 3.53. The quantitative estimate of drug-likeness (QED) is 0.420. The molecule has 6 nitrogen and oxygen atoms in total. The van der Waals surface area contributed by atoms with Gasteiger partial charge in [0.05, 0.1) is 21.7 Å². The number of hydroxylamine groups is 1. The lowest BCUT2D eigenvalue weighted by Gasteiger charge is -2.14. The number of hydrogen-bond donors (Lipinski definition) is 1. The predicted molar refractivity (Wildman–Crippen MR) is 127 cm³/mol. The second kappa shape index (κ2) is 9.18. The van der Waals surface area contributed by atoms with E-state index in [0.717, 1.165) is 43.9 Å². The van der Waals surface area contributed by atoms with Crippen LogP contribution in [-0.4, -0.2) is 28.4 Å². The Morgan fingerprint density at radius 1 is 1.06 bits per heavy atom. The number of nitrogens with zero attached hydrogens (tertiary/aromatic N) is 1. The van der Waals surface area contributed by atoms with Gasteiger partial charge in [0.15, 0.2) is 0 Å². The highest BCUT2D eigenvalue weighted by atomic mass is 32.2. The molecular weight excluding hydrogens is 444 g/mol. The minimum absolute atomic E-state index is 0.174. The molecule has 0 aliphatic carbocycles. The zero-order valence-corrected chi connectivity index (χ0v) is 18.7. The van der Waals surface area contributed by atoms with Gasteiger partial charge in [0.25, 0.3) is 5.91 Å². The van der Waals surface area contributed by atoms with Gasteiger partial charge < -0.3 is 9.57 Å². The van der Waals surface area contributed by atoms with Crippen molar-refractivity contribution >= 4 is 56.0 Å². The van der Waals surface area contributed by atoms with Crippen LogP contribution >= 0.6 is 23.1 Å². The van der Waals surface area contributed by atoms with Crippen LogP contribution in [0, 0.1) is 5.92 Å². The Bertz CT molecular complexity index is 1260. The van der Waals surface area contributed by atoms with Gasteiger partial charge in [0, 0.05) is 11.1 Å². The van der Waals surface area contributed by atoms with Crippen LogP contribution in [0.25, 0.3) is 21.0 Å². The Morgan fingerprint density at radius 2 is 1.91 bits per heavy atom. The van der Waals surface area contributed by atoms with E-state index < -0.39 is 11.9 Å². The first-order valence-corrected chi connectivity index (χ1v) is 12.2.